The van der Waals surface area contributed by atoms with E-state index in [0.717, 1.165) is 9.99 Å². The smallest absolute Gasteiger partial charge is 0.242 e. The number of sulfonamides is 1. The van der Waals surface area contributed by atoms with Gasteiger partial charge in [0.05, 0.1) is 5.75 Å². The highest BCUT2D eigenvalue weighted by Gasteiger charge is 2.37. The van der Waals surface area contributed by atoms with Gasteiger partial charge in [-0.3, -0.25) is 4.79 Å². The highest BCUT2D eigenvalue weighted by Crippen LogP contribution is 2.23. The molecule has 1 aromatic rings. The molecule has 1 N–H and O–H groups in total. The molecule has 1 atom stereocenters. The van der Waals surface area contributed by atoms with Crippen molar-refractivity contribution < 1.29 is 13.2 Å². The number of carbonyl (C=O) groups excluding carboxylic acids is 1. The summed E-state index contributed by atoms with van der Waals surface area (Å²) in [6.07, 6.45) is 1.87. The summed E-state index contributed by atoms with van der Waals surface area (Å²) in [4.78, 5) is 12.3. The zero-order chi connectivity index (χ0) is 15.5. The van der Waals surface area contributed by atoms with Gasteiger partial charge in [-0.1, -0.05) is 6.92 Å². The summed E-state index contributed by atoms with van der Waals surface area (Å²) in [6, 6.07) is 6.85. The van der Waals surface area contributed by atoms with Crippen molar-refractivity contribution in [1.82, 2.24) is 4.31 Å². The lowest BCUT2D eigenvalue weighted by atomic mass is 10.2. The number of rotatable bonds is 5. The number of anilines is 1. The summed E-state index contributed by atoms with van der Waals surface area (Å²) in [5.41, 5.74) is 0.695. The van der Waals surface area contributed by atoms with Gasteiger partial charge in [0, 0.05) is 15.8 Å². The first-order valence-corrected chi connectivity index (χ1v) is 9.69. The number of hydrogen-bond acceptors (Lipinski definition) is 3. The minimum absolute atomic E-state index is 0.0975. The standard InChI is InChI=1S/C14H19IN2O3S/c1-2-10-21(19,20)17-9-3-4-13(17)14(18)16-12-7-5-11(15)6-8-12/h5-8,13H,2-4,9-10H2,1H3,(H,16,18). The largest absolute Gasteiger partial charge is 0.325 e. The number of benzene rings is 1. The highest BCUT2D eigenvalue weighted by atomic mass is 127. The van der Waals surface area contributed by atoms with E-state index in [-0.39, 0.29) is 11.7 Å². The molecule has 116 valence electrons. The van der Waals surface area contributed by atoms with Crippen LogP contribution in [0.3, 0.4) is 0 Å². The molecular weight excluding hydrogens is 403 g/mol. The summed E-state index contributed by atoms with van der Waals surface area (Å²) < 4.78 is 26.8. The summed E-state index contributed by atoms with van der Waals surface area (Å²) >= 11 is 2.19. The van der Waals surface area contributed by atoms with E-state index >= 15 is 0 Å². The van der Waals surface area contributed by atoms with Crippen LogP contribution in [0.4, 0.5) is 5.69 Å². The van der Waals surface area contributed by atoms with Gasteiger partial charge in [-0.05, 0) is 66.1 Å². The second kappa shape index (κ2) is 7.06. The Kier molecular flexibility index (Phi) is 5.61. The fraction of sp³-hybridized carbons (Fsp3) is 0.500. The van der Waals surface area contributed by atoms with Crippen molar-refractivity contribution in [2.24, 2.45) is 0 Å². The normalized spacial score (nSPS) is 19.6. The van der Waals surface area contributed by atoms with Crippen LogP contribution in [0.2, 0.25) is 0 Å². The van der Waals surface area contributed by atoms with E-state index in [1.165, 1.54) is 4.31 Å². The summed E-state index contributed by atoms with van der Waals surface area (Å²) in [5.74, 6) is -0.145. The molecule has 1 unspecified atom stereocenters. The van der Waals surface area contributed by atoms with Gasteiger partial charge >= 0.3 is 0 Å². The molecule has 0 saturated carbocycles. The van der Waals surface area contributed by atoms with Crippen LogP contribution in [0.5, 0.6) is 0 Å². The lowest BCUT2D eigenvalue weighted by Gasteiger charge is -2.23. The minimum Gasteiger partial charge on any atom is -0.325 e. The maximum atomic E-state index is 12.3. The topological polar surface area (TPSA) is 66.5 Å². The molecule has 0 aliphatic carbocycles. The Hall–Kier alpha value is -0.670. The van der Waals surface area contributed by atoms with E-state index < -0.39 is 16.1 Å². The van der Waals surface area contributed by atoms with Crippen LogP contribution in [0.25, 0.3) is 0 Å². The Bertz CT molecular complexity index is 601. The van der Waals surface area contributed by atoms with Crippen molar-refractivity contribution in [3.8, 4) is 0 Å². The summed E-state index contributed by atoms with van der Waals surface area (Å²) in [5, 5.41) is 2.81. The van der Waals surface area contributed by atoms with Crippen molar-refractivity contribution >= 4 is 44.2 Å². The Morgan fingerprint density at radius 2 is 2.05 bits per heavy atom. The first kappa shape index (κ1) is 16.7. The molecule has 21 heavy (non-hydrogen) atoms. The lowest BCUT2D eigenvalue weighted by molar-refractivity contribution is -0.119. The van der Waals surface area contributed by atoms with Crippen LogP contribution in [-0.2, 0) is 14.8 Å². The van der Waals surface area contributed by atoms with E-state index in [2.05, 4.69) is 27.9 Å². The number of amides is 1. The Labute approximate surface area is 139 Å². The van der Waals surface area contributed by atoms with Gasteiger partial charge in [-0.25, -0.2) is 8.42 Å². The highest BCUT2D eigenvalue weighted by molar-refractivity contribution is 14.1. The molecule has 1 saturated heterocycles. The van der Waals surface area contributed by atoms with E-state index in [1.54, 1.807) is 0 Å². The van der Waals surface area contributed by atoms with Gasteiger partial charge < -0.3 is 5.32 Å². The fourth-order valence-corrected chi connectivity index (χ4v) is 4.58. The second-order valence-electron chi connectivity index (χ2n) is 5.08. The quantitative estimate of drug-likeness (QED) is 0.742. The third kappa shape index (κ3) is 4.17. The second-order valence-corrected chi connectivity index (χ2v) is 8.37. The molecule has 1 heterocycles. The predicted octanol–water partition coefficient (Wildman–Crippen LogP) is 2.43. The zero-order valence-corrected chi connectivity index (χ0v) is 14.9. The third-order valence-electron chi connectivity index (χ3n) is 3.44. The molecule has 1 aromatic carbocycles. The first-order valence-electron chi connectivity index (χ1n) is 7.00. The van der Waals surface area contributed by atoms with Crippen LogP contribution in [0.15, 0.2) is 24.3 Å². The summed E-state index contributed by atoms with van der Waals surface area (Å²) in [6.45, 7) is 2.27. The van der Waals surface area contributed by atoms with Crippen LogP contribution >= 0.6 is 22.6 Å². The van der Waals surface area contributed by atoms with Crippen LogP contribution in [-0.4, -0.2) is 37.0 Å². The maximum absolute atomic E-state index is 12.3. The predicted molar refractivity (Wildman–Crippen MR) is 91.6 cm³/mol. The number of nitrogens with zero attached hydrogens (tertiary/aromatic N) is 1. The minimum atomic E-state index is -3.33. The van der Waals surface area contributed by atoms with E-state index in [1.807, 2.05) is 31.2 Å². The number of hydrogen-bond donors (Lipinski definition) is 1. The number of halogens is 1. The molecule has 0 radical (unpaired) electrons. The third-order valence-corrected chi connectivity index (χ3v) is 6.23. The lowest BCUT2D eigenvalue weighted by Crippen LogP contribution is -2.44. The summed E-state index contributed by atoms with van der Waals surface area (Å²) in [7, 11) is -3.33. The van der Waals surface area contributed by atoms with Gasteiger partial charge in [0.25, 0.3) is 0 Å². The van der Waals surface area contributed by atoms with E-state index in [4.69, 9.17) is 0 Å². The van der Waals surface area contributed by atoms with E-state index in [0.29, 0.717) is 25.1 Å². The molecule has 1 amide bonds. The van der Waals surface area contributed by atoms with Gasteiger partial charge in [0.2, 0.25) is 15.9 Å². The zero-order valence-electron chi connectivity index (χ0n) is 11.9. The van der Waals surface area contributed by atoms with Crippen LogP contribution in [0, 0.1) is 3.57 Å². The average molecular weight is 422 g/mol. The van der Waals surface area contributed by atoms with Crippen molar-refractivity contribution in [1.29, 1.82) is 0 Å². The van der Waals surface area contributed by atoms with Gasteiger partial charge in [-0.2, -0.15) is 4.31 Å². The van der Waals surface area contributed by atoms with Gasteiger partial charge in [0.1, 0.15) is 6.04 Å². The molecule has 1 aliphatic heterocycles. The molecule has 2 rings (SSSR count). The Morgan fingerprint density at radius 1 is 1.38 bits per heavy atom. The van der Waals surface area contributed by atoms with Crippen LogP contribution in [0.1, 0.15) is 26.2 Å². The molecule has 7 heteroatoms. The van der Waals surface area contributed by atoms with Crippen molar-refractivity contribution in [3.63, 3.8) is 0 Å². The Balaban J connectivity index is 2.09. The Morgan fingerprint density at radius 3 is 2.67 bits per heavy atom. The fourth-order valence-electron chi connectivity index (χ4n) is 2.47. The number of carbonyl (C=O) groups is 1. The van der Waals surface area contributed by atoms with E-state index in [9.17, 15) is 13.2 Å². The molecular formula is C14H19IN2O3S. The van der Waals surface area contributed by atoms with Gasteiger partial charge in [0.15, 0.2) is 0 Å². The average Bonchev–Trinajstić information content (AvgIpc) is 2.91. The van der Waals surface area contributed by atoms with Crippen LogP contribution < -0.4 is 5.32 Å². The molecule has 5 nitrogen and oxygen atoms in total. The maximum Gasteiger partial charge on any atom is 0.242 e. The molecule has 1 fully saturated rings. The molecule has 0 spiro atoms. The SMILES string of the molecule is CCCS(=O)(=O)N1CCCC1C(=O)Nc1ccc(I)cc1. The van der Waals surface area contributed by atoms with Crippen molar-refractivity contribution in [3.05, 3.63) is 27.8 Å². The van der Waals surface area contributed by atoms with Crippen molar-refractivity contribution in [2.75, 3.05) is 17.6 Å². The first-order chi connectivity index (χ1) is 9.94. The van der Waals surface area contributed by atoms with Gasteiger partial charge in [-0.15, -0.1) is 0 Å². The molecule has 1 aliphatic rings. The molecule has 0 aromatic heterocycles. The molecule has 0 bridgehead atoms. The van der Waals surface area contributed by atoms with Crippen molar-refractivity contribution in [2.45, 2.75) is 32.2 Å². The monoisotopic (exact) mass is 422 g/mol. The number of nitrogens with one attached hydrogen (secondary N) is 1.